The van der Waals surface area contributed by atoms with E-state index < -0.39 is 12.1 Å². The minimum Gasteiger partial charge on any atom is -0.465 e. The van der Waals surface area contributed by atoms with Crippen molar-refractivity contribution in [3.8, 4) is 0 Å². The highest BCUT2D eigenvalue weighted by molar-refractivity contribution is 5.95. The van der Waals surface area contributed by atoms with Gasteiger partial charge in [0.1, 0.15) is 6.04 Å². The zero-order chi connectivity index (χ0) is 14.3. The Kier molecular flexibility index (Phi) is 5.56. The molecule has 102 valence electrons. The maximum Gasteiger partial charge on any atom is 0.404 e. The fourth-order valence-electron chi connectivity index (χ4n) is 1.40. The number of carboxylic acid groups (broad SMARTS) is 1. The first-order valence-corrected chi connectivity index (χ1v) is 5.77. The standard InChI is InChI=1S/C13H17N3O3/c1-2-11(14)12(17)16-10-5-3-9(4-6-10)7-8-15-13(18)19/h2-6,11,15H,1,7-8,14H2,(H,16,17)(H,18,19)/t11-/m0/s1. The van der Waals surface area contributed by atoms with E-state index in [0.717, 1.165) is 5.56 Å². The first-order chi connectivity index (χ1) is 9.02. The molecule has 5 N–H and O–H groups in total. The van der Waals surface area contributed by atoms with E-state index in [1.54, 1.807) is 12.1 Å². The minimum atomic E-state index is -1.04. The van der Waals surface area contributed by atoms with E-state index in [-0.39, 0.29) is 5.91 Å². The molecule has 0 bridgehead atoms. The highest BCUT2D eigenvalue weighted by Gasteiger charge is 2.08. The molecule has 1 rings (SSSR count). The Morgan fingerprint density at radius 1 is 1.37 bits per heavy atom. The summed E-state index contributed by atoms with van der Waals surface area (Å²) in [5.41, 5.74) is 7.10. The van der Waals surface area contributed by atoms with Gasteiger partial charge in [-0.15, -0.1) is 6.58 Å². The molecule has 0 unspecified atom stereocenters. The Balaban J connectivity index is 2.49. The van der Waals surface area contributed by atoms with Crippen LogP contribution in [-0.4, -0.2) is 29.7 Å². The molecule has 0 radical (unpaired) electrons. The summed E-state index contributed by atoms with van der Waals surface area (Å²) >= 11 is 0. The summed E-state index contributed by atoms with van der Waals surface area (Å²) in [7, 11) is 0. The van der Waals surface area contributed by atoms with Crippen LogP contribution in [0.4, 0.5) is 10.5 Å². The molecule has 0 aliphatic heterocycles. The molecule has 0 fully saturated rings. The van der Waals surface area contributed by atoms with Gasteiger partial charge in [0.05, 0.1) is 0 Å². The van der Waals surface area contributed by atoms with Crippen molar-refractivity contribution in [2.45, 2.75) is 12.5 Å². The van der Waals surface area contributed by atoms with Gasteiger partial charge in [-0.1, -0.05) is 18.2 Å². The lowest BCUT2D eigenvalue weighted by molar-refractivity contribution is -0.116. The van der Waals surface area contributed by atoms with Crippen molar-refractivity contribution in [1.29, 1.82) is 0 Å². The second-order valence-corrected chi connectivity index (χ2v) is 3.93. The van der Waals surface area contributed by atoms with E-state index in [1.807, 2.05) is 12.1 Å². The third-order valence-corrected chi connectivity index (χ3v) is 2.47. The Labute approximate surface area is 111 Å². The van der Waals surface area contributed by atoms with Gasteiger partial charge in [-0.2, -0.15) is 0 Å². The van der Waals surface area contributed by atoms with Crippen molar-refractivity contribution in [2.24, 2.45) is 5.73 Å². The monoisotopic (exact) mass is 263 g/mol. The molecule has 0 heterocycles. The largest absolute Gasteiger partial charge is 0.465 e. The van der Waals surface area contributed by atoms with Gasteiger partial charge in [-0.3, -0.25) is 4.79 Å². The molecule has 6 nitrogen and oxygen atoms in total. The topological polar surface area (TPSA) is 104 Å². The molecular weight excluding hydrogens is 246 g/mol. The van der Waals surface area contributed by atoms with E-state index in [1.165, 1.54) is 6.08 Å². The molecule has 0 saturated carbocycles. The number of rotatable bonds is 6. The van der Waals surface area contributed by atoms with Crippen LogP contribution >= 0.6 is 0 Å². The number of nitrogens with two attached hydrogens (primary N) is 1. The van der Waals surface area contributed by atoms with Crippen molar-refractivity contribution in [2.75, 3.05) is 11.9 Å². The highest BCUT2D eigenvalue weighted by Crippen LogP contribution is 2.10. The Morgan fingerprint density at radius 2 is 2.00 bits per heavy atom. The average molecular weight is 263 g/mol. The molecular formula is C13H17N3O3. The first-order valence-electron chi connectivity index (χ1n) is 5.77. The van der Waals surface area contributed by atoms with Crippen LogP contribution in [0.25, 0.3) is 0 Å². The minimum absolute atomic E-state index is 0.324. The van der Waals surface area contributed by atoms with Gasteiger partial charge >= 0.3 is 6.09 Å². The van der Waals surface area contributed by atoms with E-state index in [0.29, 0.717) is 18.7 Å². The number of anilines is 1. The zero-order valence-corrected chi connectivity index (χ0v) is 10.4. The number of carbonyl (C=O) groups is 2. The second-order valence-electron chi connectivity index (χ2n) is 3.93. The number of hydrogen-bond donors (Lipinski definition) is 4. The molecule has 2 amide bonds. The highest BCUT2D eigenvalue weighted by atomic mass is 16.4. The number of benzene rings is 1. The normalized spacial score (nSPS) is 11.4. The fourth-order valence-corrected chi connectivity index (χ4v) is 1.40. The summed E-state index contributed by atoms with van der Waals surface area (Å²) in [6.45, 7) is 3.79. The first kappa shape index (κ1) is 14.7. The summed E-state index contributed by atoms with van der Waals surface area (Å²) < 4.78 is 0. The van der Waals surface area contributed by atoms with Crippen LogP contribution in [0.5, 0.6) is 0 Å². The molecule has 0 saturated heterocycles. The quantitative estimate of drug-likeness (QED) is 0.573. The average Bonchev–Trinajstić information content (AvgIpc) is 2.39. The summed E-state index contributed by atoms with van der Waals surface area (Å²) in [4.78, 5) is 21.8. The van der Waals surface area contributed by atoms with Gasteiger partial charge < -0.3 is 21.5 Å². The molecule has 0 aliphatic rings. The smallest absolute Gasteiger partial charge is 0.404 e. The van der Waals surface area contributed by atoms with Gasteiger partial charge in [0, 0.05) is 12.2 Å². The SMILES string of the molecule is C=C[C@H](N)C(=O)Nc1ccc(CCNC(=O)O)cc1. The summed E-state index contributed by atoms with van der Waals surface area (Å²) in [5, 5.41) is 13.4. The molecule has 0 aliphatic carbocycles. The van der Waals surface area contributed by atoms with Gasteiger partial charge in [0.15, 0.2) is 0 Å². The third kappa shape index (κ3) is 5.22. The van der Waals surface area contributed by atoms with Crippen molar-refractivity contribution in [1.82, 2.24) is 5.32 Å². The molecule has 0 aromatic heterocycles. The lowest BCUT2D eigenvalue weighted by atomic mass is 10.1. The van der Waals surface area contributed by atoms with Gasteiger partial charge in [0.2, 0.25) is 5.91 Å². The van der Waals surface area contributed by atoms with Crippen molar-refractivity contribution < 1.29 is 14.7 Å². The summed E-state index contributed by atoms with van der Waals surface area (Å²) in [5.74, 6) is -0.324. The number of amides is 2. The van der Waals surface area contributed by atoms with Crippen molar-refractivity contribution in [3.63, 3.8) is 0 Å². The summed E-state index contributed by atoms with van der Waals surface area (Å²) in [6.07, 6.45) is 0.913. The Hall–Kier alpha value is -2.34. The number of nitrogens with one attached hydrogen (secondary N) is 2. The van der Waals surface area contributed by atoms with Crippen LogP contribution in [0.3, 0.4) is 0 Å². The van der Waals surface area contributed by atoms with Gasteiger partial charge in [0.25, 0.3) is 0 Å². The zero-order valence-electron chi connectivity index (χ0n) is 10.4. The van der Waals surface area contributed by atoms with E-state index in [4.69, 9.17) is 10.8 Å². The molecule has 19 heavy (non-hydrogen) atoms. The Bertz CT molecular complexity index is 457. The van der Waals surface area contributed by atoms with Crippen LogP contribution < -0.4 is 16.4 Å². The van der Waals surface area contributed by atoms with Crippen LogP contribution in [0, 0.1) is 0 Å². The number of hydrogen-bond acceptors (Lipinski definition) is 3. The molecule has 1 atom stereocenters. The van der Waals surface area contributed by atoms with Gasteiger partial charge in [-0.05, 0) is 24.1 Å². The molecule has 0 spiro atoms. The second kappa shape index (κ2) is 7.17. The lowest BCUT2D eigenvalue weighted by Gasteiger charge is -2.09. The van der Waals surface area contributed by atoms with E-state index >= 15 is 0 Å². The van der Waals surface area contributed by atoms with Crippen LogP contribution in [0.15, 0.2) is 36.9 Å². The van der Waals surface area contributed by atoms with Crippen LogP contribution in [0.1, 0.15) is 5.56 Å². The molecule has 6 heteroatoms. The van der Waals surface area contributed by atoms with Gasteiger partial charge in [-0.25, -0.2) is 4.79 Å². The maximum atomic E-state index is 11.5. The maximum absolute atomic E-state index is 11.5. The predicted octanol–water partition coefficient (Wildman–Crippen LogP) is 0.948. The van der Waals surface area contributed by atoms with E-state index in [9.17, 15) is 9.59 Å². The lowest BCUT2D eigenvalue weighted by Crippen LogP contribution is -2.33. The van der Waals surface area contributed by atoms with Crippen molar-refractivity contribution in [3.05, 3.63) is 42.5 Å². The Morgan fingerprint density at radius 3 is 2.53 bits per heavy atom. The fraction of sp³-hybridized carbons (Fsp3) is 0.231. The summed E-state index contributed by atoms with van der Waals surface area (Å²) in [6, 6.07) is 6.38. The van der Waals surface area contributed by atoms with Crippen molar-refractivity contribution >= 4 is 17.7 Å². The third-order valence-electron chi connectivity index (χ3n) is 2.47. The van der Waals surface area contributed by atoms with Crippen LogP contribution in [0.2, 0.25) is 0 Å². The predicted molar refractivity (Wildman–Crippen MR) is 73.0 cm³/mol. The molecule has 1 aromatic carbocycles. The van der Waals surface area contributed by atoms with E-state index in [2.05, 4.69) is 17.2 Å². The van der Waals surface area contributed by atoms with Crippen LogP contribution in [-0.2, 0) is 11.2 Å². The number of carbonyl (C=O) groups excluding carboxylic acids is 1. The molecule has 1 aromatic rings.